The number of carbonyl (C=O) groups excluding carboxylic acids is 1. The van der Waals surface area contributed by atoms with Crippen molar-refractivity contribution in [2.24, 2.45) is 0 Å². The molecule has 1 saturated carbocycles. The lowest BCUT2D eigenvalue weighted by Gasteiger charge is -2.28. The molecule has 1 fully saturated rings. The Labute approximate surface area is 149 Å². The summed E-state index contributed by atoms with van der Waals surface area (Å²) in [5.41, 5.74) is 3.89. The second kappa shape index (κ2) is 6.64. The van der Waals surface area contributed by atoms with E-state index in [1.807, 2.05) is 17.7 Å². The van der Waals surface area contributed by atoms with Crippen molar-refractivity contribution >= 4 is 5.91 Å². The lowest BCUT2D eigenvalue weighted by atomic mass is 10.0. The Morgan fingerprint density at radius 1 is 1.16 bits per heavy atom. The molecule has 5 heteroatoms. The van der Waals surface area contributed by atoms with Crippen LogP contribution >= 0.6 is 0 Å². The number of nitrogens with zero attached hydrogens (tertiary/aromatic N) is 3. The quantitative estimate of drug-likeness (QED) is 0.929. The molecule has 0 spiro atoms. The summed E-state index contributed by atoms with van der Waals surface area (Å²) >= 11 is 0. The molecule has 1 heterocycles. The standard InChI is InChI=1S/C20H27N3O2/c1-14-9-15(2)11-17(10-14)23-16(3)12-18(21-23)19(24)22(4)13-20(25)7-5-6-8-20/h9-12,25H,5-8,13H2,1-4H3. The second-order valence-electron chi connectivity index (χ2n) is 7.52. The van der Waals surface area contributed by atoms with Gasteiger partial charge >= 0.3 is 0 Å². The molecule has 134 valence electrons. The molecule has 0 aliphatic heterocycles. The molecule has 1 aliphatic carbocycles. The van der Waals surface area contributed by atoms with Gasteiger partial charge in [-0.05, 0) is 62.9 Å². The molecule has 1 N–H and O–H groups in total. The largest absolute Gasteiger partial charge is 0.388 e. The first kappa shape index (κ1) is 17.7. The molecule has 3 rings (SSSR count). The predicted octanol–water partition coefficient (Wildman–Crippen LogP) is 3.17. The number of aromatic nitrogens is 2. The maximum Gasteiger partial charge on any atom is 0.274 e. The Morgan fingerprint density at radius 2 is 1.76 bits per heavy atom. The molecule has 0 radical (unpaired) electrons. The SMILES string of the molecule is Cc1cc(C)cc(-n2nc(C(=O)N(C)CC3(O)CCCC3)cc2C)c1. The molecule has 1 aromatic carbocycles. The van der Waals surface area contributed by atoms with Crippen molar-refractivity contribution in [3.8, 4) is 5.69 Å². The molecule has 5 nitrogen and oxygen atoms in total. The molecule has 1 aromatic heterocycles. The normalized spacial score (nSPS) is 16.2. The van der Waals surface area contributed by atoms with E-state index in [0.29, 0.717) is 12.2 Å². The zero-order chi connectivity index (χ0) is 18.2. The van der Waals surface area contributed by atoms with Crippen molar-refractivity contribution in [3.05, 3.63) is 46.8 Å². The number of benzene rings is 1. The number of hydrogen-bond donors (Lipinski definition) is 1. The molecular formula is C20H27N3O2. The van der Waals surface area contributed by atoms with Crippen LogP contribution in [-0.2, 0) is 0 Å². The monoisotopic (exact) mass is 341 g/mol. The molecule has 2 aromatic rings. The van der Waals surface area contributed by atoms with E-state index in [1.165, 1.54) is 11.1 Å². The highest BCUT2D eigenvalue weighted by Crippen LogP contribution is 2.30. The number of amides is 1. The molecule has 1 amide bonds. The van der Waals surface area contributed by atoms with Gasteiger partial charge in [-0.2, -0.15) is 5.10 Å². The van der Waals surface area contributed by atoms with E-state index >= 15 is 0 Å². The number of likely N-dealkylation sites (N-methyl/N-ethyl adjacent to an activating group) is 1. The van der Waals surface area contributed by atoms with Gasteiger partial charge in [-0.1, -0.05) is 18.9 Å². The molecule has 1 aliphatic rings. The minimum absolute atomic E-state index is 0.147. The van der Waals surface area contributed by atoms with Crippen LogP contribution in [0.1, 0.15) is 53.0 Å². The summed E-state index contributed by atoms with van der Waals surface area (Å²) in [6, 6.07) is 8.05. The van der Waals surface area contributed by atoms with Gasteiger partial charge in [0.25, 0.3) is 5.91 Å². The Morgan fingerprint density at radius 3 is 2.36 bits per heavy atom. The summed E-state index contributed by atoms with van der Waals surface area (Å²) in [5, 5.41) is 15.1. The third-order valence-corrected chi connectivity index (χ3v) is 4.97. The molecule has 0 atom stereocenters. The molecule has 0 unspecified atom stereocenters. The fourth-order valence-electron chi connectivity index (χ4n) is 3.81. The number of hydrogen-bond acceptors (Lipinski definition) is 3. The number of carbonyl (C=O) groups is 1. The number of aryl methyl sites for hydroxylation is 3. The lowest BCUT2D eigenvalue weighted by Crippen LogP contribution is -2.42. The van der Waals surface area contributed by atoms with Gasteiger partial charge in [0.2, 0.25) is 0 Å². The summed E-state index contributed by atoms with van der Waals surface area (Å²) < 4.78 is 1.81. The fourth-order valence-corrected chi connectivity index (χ4v) is 3.81. The van der Waals surface area contributed by atoms with Gasteiger partial charge in [-0.25, -0.2) is 4.68 Å². The molecule has 0 bridgehead atoms. The van der Waals surface area contributed by atoms with Crippen molar-refractivity contribution in [3.63, 3.8) is 0 Å². The van der Waals surface area contributed by atoms with E-state index < -0.39 is 5.60 Å². The number of aliphatic hydroxyl groups is 1. The van der Waals surface area contributed by atoms with E-state index in [9.17, 15) is 9.90 Å². The Balaban J connectivity index is 1.82. The maximum atomic E-state index is 12.7. The van der Waals surface area contributed by atoms with Gasteiger partial charge in [-0.3, -0.25) is 4.79 Å². The van der Waals surface area contributed by atoms with Crippen molar-refractivity contribution in [2.75, 3.05) is 13.6 Å². The second-order valence-corrected chi connectivity index (χ2v) is 7.52. The maximum absolute atomic E-state index is 12.7. The van der Waals surface area contributed by atoms with Gasteiger partial charge in [0.05, 0.1) is 11.3 Å². The van der Waals surface area contributed by atoms with E-state index in [1.54, 1.807) is 11.9 Å². The van der Waals surface area contributed by atoms with E-state index in [4.69, 9.17) is 0 Å². The fraction of sp³-hybridized carbons (Fsp3) is 0.500. The van der Waals surface area contributed by atoms with E-state index in [-0.39, 0.29) is 5.91 Å². The van der Waals surface area contributed by atoms with Crippen LogP contribution in [-0.4, -0.2) is 44.9 Å². The van der Waals surface area contributed by atoms with Crippen LogP contribution in [0.5, 0.6) is 0 Å². The summed E-state index contributed by atoms with van der Waals surface area (Å²) in [7, 11) is 1.74. The highest BCUT2D eigenvalue weighted by atomic mass is 16.3. The lowest BCUT2D eigenvalue weighted by molar-refractivity contribution is 0.0154. The van der Waals surface area contributed by atoms with Gasteiger partial charge in [0.1, 0.15) is 0 Å². The topological polar surface area (TPSA) is 58.4 Å². The minimum atomic E-state index is -0.740. The van der Waals surface area contributed by atoms with E-state index in [2.05, 4.69) is 37.1 Å². The Bertz CT molecular complexity index is 768. The average Bonchev–Trinajstić information content (AvgIpc) is 3.11. The van der Waals surface area contributed by atoms with Crippen LogP contribution in [0, 0.1) is 20.8 Å². The van der Waals surface area contributed by atoms with Gasteiger partial charge < -0.3 is 10.0 Å². The van der Waals surface area contributed by atoms with Crippen molar-refractivity contribution in [1.82, 2.24) is 14.7 Å². The average molecular weight is 341 g/mol. The summed E-state index contributed by atoms with van der Waals surface area (Å²) in [5.74, 6) is -0.147. The third kappa shape index (κ3) is 3.76. The smallest absolute Gasteiger partial charge is 0.274 e. The number of rotatable bonds is 4. The highest BCUT2D eigenvalue weighted by Gasteiger charge is 2.34. The predicted molar refractivity (Wildman–Crippen MR) is 98.2 cm³/mol. The summed E-state index contributed by atoms with van der Waals surface area (Å²) in [4.78, 5) is 14.3. The van der Waals surface area contributed by atoms with Gasteiger partial charge in [-0.15, -0.1) is 0 Å². The summed E-state index contributed by atoms with van der Waals surface area (Å²) in [6.07, 6.45) is 3.58. The minimum Gasteiger partial charge on any atom is -0.388 e. The van der Waals surface area contributed by atoms with Gasteiger partial charge in [0.15, 0.2) is 5.69 Å². The van der Waals surface area contributed by atoms with Gasteiger partial charge in [0, 0.05) is 19.3 Å². The zero-order valence-electron chi connectivity index (χ0n) is 15.5. The highest BCUT2D eigenvalue weighted by molar-refractivity contribution is 5.92. The molecule has 0 saturated heterocycles. The molecule has 25 heavy (non-hydrogen) atoms. The van der Waals surface area contributed by atoms with Crippen LogP contribution in [0.3, 0.4) is 0 Å². The van der Waals surface area contributed by atoms with Crippen LogP contribution < -0.4 is 0 Å². The first-order valence-corrected chi connectivity index (χ1v) is 8.91. The van der Waals surface area contributed by atoms with Crippen LogP contribution in [0.25, 0.3) is 5.69 Å². The Hall–Kier alpha value is -2.14. The van der Waals surface area contributed by atoms with Crippen LogP contribution in [0.15, 0.2) is 24.3 Å². The van der Waals surface area contributed by atoms with Crippen molar-refractivity contribution in [2.45, 2.75) is 52.1 Å². The first-order chi connectivity index (χ1) is 11.8. The van der Waals surface area contributed by atoms with Crippen molar-refractivity contribution in [1.29, 1.82) is 0 Å². The first-order valence-electron chi connectivity index (χ1n) is 8.91. The summed E-state index contributed by atoms with van der Waals surface area (Å²) in [6.45, 7) is 6.42. The molecular weight excluding hydrogens is 314 g/mol. The van der Waals surface area contributed by atoms with Crippen LogP contribution in [0.2, 0.25) is 0 Å². The van der Waals surface area contributed by atoms with Crippen molar-refractivity contribution < 1.29 is 9.90 Å². The third-order valence-electron chi connectivity index (χ3n) is 4.97. The van der Waals surface area contributed by atoms with Crippen LogP contribution in [0.4, 0.5) is 0 Å². The Kier molecular flexibility index (Phi) is 4.69. The van der Waals surface area contributed by atoms with E-state index in [0.717, 1.165) is 37.1 Å². The zero-order valence-corrected chi connectivity index (χ0v) is 15.5.